The zero-order valence-electron chi connectivity index (χ0n) is 13.5. The Morgan fingerprint density at radius 3 is 2.05 bits per heavy atom. The molecule has 0 radical (unpaired) electrons. The number of aliphatic carboxylic acids is 1. The second kappa shape index (κ2) is 7.94. The maximum atomic E-state index is 12.1. The van der Waals surface area contributed by atoms with Crippen molar-refractivity contribution >= 4 is 11.9 Å². The third-order valence-electron chi connectivity index (χ3n) is 3.56. The van der Waals surface area contributed by atoms with Crippen LogP contribution >= 0.6 is 0 Å². The van der Waals surface area contributed by atoms with E-state index in [0.29, 0.717) is 5.92 Å². The summed E-state index contributed by atoms with van der Waals surface area (Å²) in [5.41, 5.74) is 2.03. The number of carboxylic acids is 1. The lowest BCUT2D eigenvalue weighted by molar-refractivity contribution is -0.144. The lowest BCUT2D eigenvalue weighted by Crippen LogP contribution is -2.48. The molecule has 0 saturated heterocycles. The molecule has 0 heterocycles. The molecule has 0 saturated carbocycles. The van der Waals surface area contributed by atoms with Crippen molar-refractivity contribution in [2.75, 3.05) is 0 Å². The van der Waals surface area contributed by atoms with E-state index in [1.54, 1.807) is 6.92 Å². The van der Waals surface area contributed by atoms with Crippen LogP contribution < -0.4 is 5.32 Å². The number of hydrogen-bond acceptors (Lipinski definition) is 3. The molecule has 22 heavy (non-hydrogen) atoms. The minimum atomic E-state index is -1.30. The summed E-state index contributed by atoms with van der Waals surface area (Å²) in [5, 5.41) is 20.8. The van der Waals surface area contributed by atoms with E-state index in [9.17, 15) is 14.7 Å². The molecule has 1 amide bonds. The largest absolute Gasteiger partial charge is 0.480 e. The molecular formula is C17H25NO4. The van der Waals surface area contributed by atoms with Crippen molar-refractivity contribution in [3.8, 4) is 0 Å². The first kappa shape index (κ1) is 18.2. The van der Waals surface area contributed by atoms with E-state index in [0.717, 1.165) is 12.0 Å². The molecule has 1 rings (SSSR count). The van der Waals surface area contributed by atoms with E-state index in [2.05, 4.69) is 19.2 Å². The van der Waals surface area contributed by atoms with Gasteiger partial charge in [-0.2, -0.15) is 0 Å². The van der Waals surface area contributed by atoms with Gasteiger partial charge in [0.05, 0.1) is 12.0 Å². The molecule has 0 aliphatic heterocycles. The highest BCUT2D eigenvalue weighted by atomic mass is 16.4. The number of benzene rings is 1. The van der Waals surface area contributed by atoms with Crippen molar-refractivity contribution in [2.24, 2.45) is 5.92 Å². The molecule has 3 atom stereocenters. The van der Waals surface area contributed by atoms with E-state index in [4.69, 9.17) is 5.11 Å². The Hall–Kier alpha value is -1.88. The van der Waals surface area contributed by atoms with Crippen LogP contribution in [0.2, 0.25) is 0 Å². The molecule has 3 N–H and O–H groups in total. The predicted molar refractivity (Wildman–Crippen MR) is 84.6 cm³/mol. The number of rotatable bonds is 7. The number of carboxylic acid groups (broad SMARTS) is 1. The standard InChI is InChI=1S/C17H25NO4/c1-10(2)9-13-5-7-14(8-6-13)11(3)16(20)18-15(12(4)19)17(21)22/h5-8,10-12,15,19H,9H2,1-4H3,(H,18,20)(H,21,22)/t11-,12-,15+/m1/s1. The molecule has 0 unspecified atom stereocenters. The summed E-state index contributed by atoms with van der Waals surface area (Å²) >= 11 is 0. The Morgan fingerprint density at radius 1 is 1.09 bits per heavy atom. The van der Waals surface area contributed by atoms with Gasteiger partial charge in [0.15, 0.2) is 6.04 Å². The number of aliphatic hydroxyl groups excluding tert-OH is 1. The van der Waals surface area contributed by atoms with Gasteiger partial charge in [0, 0.05) is 0 Å². The summed E-state index contributed by atoms with van der Waals surface area (Å²) in [7, 11) is 0. The maximum Gasteiger partial charge on any atom is 0.328 e. The molecule has 0 fully saturated rings. The molecule has 0 spiro atoms. The SMILES string of the molecule is CC(C)Cc1ccc([C@@H](C)C(=O)N[C@H](C(=O)O)[C@@H](C)O)cc1. The number of hydrogen-bond donors (Lipinski definition) is 3. The zero-order chi connectivity index (χ0) is 16.9. The van der Waals surface area contributed by atoms with Crippen molar-refractivity contribution in [3.05, 3.63) is 35.4 Å². The van der Waals surface area contributed by atoms with Crippen molar-refractivity contribution in [1.82, 2.24) is 5.32 Å². The quantitative estimate of drug-likeness (QED) is 0.718. The molecular weight excluding hydrogens is 282 g/mol. The molecule has 1 aromatic carbocycles. The third-order valence-corrected chi connectivity index (χ3v) is 3.56. The fourth-order valence-electron chi connectivity index (χ4n) is 2.23. The maximum absolute atomic E-state index is 12.1. The van der Waals surface area contributed by atoms with Gasteiger partial charge in [0.2, 0.25) is 5.91 Å². The van der Waals surface area contributed by atoms with Gasteiger partial charge in [0.25, 0.3) is 0 Å². The van der Waals surface area contributed by atoms with Crippen LogP contribution in [-0.4, -0.2) is 34.2 Å². The van der Waals surface area contributed by atoms with Crippen molar-refractivity contribution in [2.45, 2.75) is 52.2 Å². The fourth-order valence-corrected chi connectivity index (χ4v) is 2.23. The number of carbonyl (C=O) groups excluding carboxylic acids is 1. The Morgan fingerprint density at radius 2 is 1.64 bits per heavy atom. The average molecular weight is 307 g/mol. The van der Waals surface area contributed by atoms with Gasteiger partial charge in [-0.3, -0.25) is 4.79 Å². The van der Waals surface area contributed by atoms with Gasteiger partial charge >= 0.3 is 5.97 Å². The van der Waals surface area contributed by atoms with Crippen LogP contribution in [0.3, 0.4) is 0 Å². The van der Waals surface area contributed by atoms with Gasteiger partial charge < -0.3 is 15.5 Å². The average Bonchev–Trinajstić information content (AvgIpc) is 2.43. The van der Waals surface area contributed by atoms with Crippen LogP contribution in [0.25, 0.3) is 0 Å². The topological polar surface area (TPSA) is 86.6 Å². The van der Waals surface area contributed by atoms with Crippen molar-refractivity contribution in [1.29, 1.82) is 0 Å². The van der Waals surface area contributed by atoms with Crippen LogP contribution in [0.1, 0.15) is 44.7 Å². The highest BCUT2D eigenvalue weighted by Crippen LogP contribution is 2.18. The summed E-state index contributed by atoms with van der Waals surface area (Å²) in [6.07, 6.45) is -0.175. The molecule has 5 heteroatoms. The molecule has 5 nitrogen and oxygen atoms in total. The minimum absolute atomic E-state index is 0.412. The van der Waals surface area contributed by atoms with Gasteiger partial charge in [-0.1, -0.05) is 38.1 Å². The Kier molecular flexibility index (Phi) is 6.56. The van der Waals surface area contributed by atoms with Crippen LogP contribution in [0.4, 0.5) is 0 Å². The normalized spacial score (nSPS) is 15.2. The second-order valence-electron chi connectivity index (χ2n) is 6.13. The van der Waals surface area contributed by atoms with Crippen molar-refractivity contribution < 1.29 is 19.8 Å². The summed E-state index contributed by atoms with van der Waals surface area (Å²) in [6.45, 7) is 7.34. The first-order valence-corrected chi connectivity index (χ1v) is 7.52. The van der Waals surface area contributed by atoms with E-state index in [1.165, 1.54) is 12.5 Å². The van der Waals surface area contributed by atoms with E-state index in [-0.39, 0.29) is 0 Å². The monoisotopic (exact) mass is 307 g/mol. The Labute approximate surface area is 131 Å². The van der Waals surface area contributed by atoms with Crippen LogP contribution in [0.5, 0.6) is 0 Å². The van der Waals surface area contributed by atoms with E-state index < -0.39 is 29.9 Å². The number of aliphatic hydroxyl groups is 1. The molecule has 0 aliphatic rings. The van der Waals surface area contributed by atoms with Crippen LogP contribution in [0.15, 0.2) is 24.3 Å². The van der Waals surface area contributed by atoms with Gasteiger partial charge in [-0.25, -0.2) is 4.79 Å². The lowest BCUT2D eigenvalue weighted by Gasteiger charge is -2.20. The summed E-state index contributed by atoms with van der Waals surface area (Å²) in [5.74, 6) is -1.57. The van der Waals surface area contributed by atoms with Crippen molar-refractivity contribution in [3.63, 3.8) is 0 Å². The highest BCUT2D eigenvalue weighted by molar-refractivity contribution is 5.88. The van der Waals surface area contributed by atoms with Crippen LogP contribution in [0, 0.1) is 5.92 Å². The predicted octanol–water partition coefficient (Wildman–Crippen LogP) is 1.94. The Balaban J connectivity index is 2.76. The first-order valence-electron chi connectivity index (χ1n) is 7.52. The zero-order valence-corrected chi connectivity index (χ0v) is 13.5. The first-order chi connectivity index (χ1) is 10.2. The third kappa shape index (κ3) is 5.15. The van der Waals surface area contributed by atoms with E-state index in [1.807, 2.05) is 24.3 Å². The molecule has 122 valence electrons. The molecule has 0 aliphatic carbocycles. The number of carbonyl (C=O) groups is 2. The van der Waals surface area contributed by atoms with E-state index >= 15 is 0 Å². The Bertz CT molecular complexity index is 508. The van der Waals surface area contributed by atoms with Gasteiger partial charge in [-0.15, -0.1) is 0 Å². The summed E-state index contributed by atoms with van der Waals surface area (Å²) in [4.78, 5) is 23.1. The van der Waals surface area contributed by atoms with Gasteiger partial charge in [-0.05, 0) is 37.3 Å². The molecule has 1 aromatic rings. The molecule has 0 aromatic heterocycles. The number of amides is 1. The smallest absolute Gasteiger partial charge is 0.328 e. The lowest BCUT2D eigenvalue weighted by atomic mass is 9.96. The summed E-state index contributed by atoms with van der Waals surface area (Å²) in [6, 6.07) is 6.46. The molecule has 0 bridgehead atoms. The minimum Gasteiger partial charge on any atom is -0.480 e. The number of nitrogens with one attached hydrogen (secondary N) is 1. The van der Waals surface area contributed by atoms with Gasteiger partial charge in [0.1, 0.15) is 0 Å². The highest BCUT2D eigenvalue weighted by Gasteiger charge is 2.27. The second-order valence-corrected chi connectivity index (χ2v) is 6.13. The van der Waals surface area contributed by atoms with Crippen LogP contribution in [-0.2, 0) is 16.0 Å². The summed E-state index contributed by atoms with van der Waals surface area (Å²) < 4.78 is 0. The fraction of sp³-hybridized carbons (Fsp3) is 0.529.